The Morgan fingerprint density at radius 1 is 0.906 bits per heavy atom. The van der Waals surface area contributed by atoms with Crippen LogP contribution in [0.3, 0.4) is 0 Å². The van der Waals surface area contributed by atoms with Gasteiger partial charge in [-0.15, -0.1) is 0 Å². The van der Waals surface area contributed by atoms with Crippen LogP contribution in [0.25, 0.3) is 10.8 Å². The summed E-state index contributed by atoms with van der Waals surface area (Å²) >= 11 is 1.34. The number of anilines is 1. The number of nitrogens with one attached hydrogen (secondary N) is 1. The Kier molecular flexibility index (Phi) is 6.07. The molecule has 0 saturated heterocycles. The number of ether oxygens (including phenoxy) is 1. The van der Waals surface area contributed by atoms with Crippen LogP contribution in [0.2, 0.25) is 0 Å². The molecular weight excluding hydrogens is 446 g/mol. The minimum Gasteiger partial charge on any atom is -0.506 e. The molecule has 0 aliphatic carbocycles. The first kappa shape index (κ1) is 21.7. The first-order valence-corrected chi connectivity index (χ1v) is 11.9. The molecule has 32 heavy (non-hydrogen) atoms. The molecule has 4 aromatic carbocycles. The number of hydrogen-bond acceptors (Lipinski definition) is 6. The molecule has 0 atom stereocenters. The van der Waals surface area contributed by atoms with Gasteiger partial charge in [0.05, 0.1) is 28.2 Å². The van der Waals surface area contributed by atoms with E-state index in [1.54, 1.807) is 30.3 Å². The molecule has 0 aliphatic heterocycles. The lowest BCUT2D eigenvalue weighted by atomic mass is 10.1. The fraction of sp³-hybridized carbons (Fsp3) is 0.0417. The highest BCUT2D eigenvalue weighted by molar-refractivity contribution is 7.99. The molecule has 8 heteroatoms. The molecule has 162 valence electrons. The van der Waals surface area contributed by atoms with Crippen molar-refractivity contribution < 1.29 is 23.1 Å². The lowest BCUT2D eigenvalue weighted by Crippen LogP contribution is -2.13. The zero-order chi connectivity index (χ0) is 22.7. The highest BCUT2D eigenvalue weighted by Crippen LogP contribution is 2.42. The van der Waals surface area contributed by atoms with E-state index in [1.807, 2.05) is 30.3 Å². The van der Waals surface area contributed by atoms with Crippen molar-refractivity contribution in [2.24, 2.45) is 0 Å². The molecule has 6 nitrogen and oxygen atoms in total. The number of carbonyl (C=O) groups is 1. The Hall–Kier alpha value is -3.49. The van der Waals surface area contributed by atoms with Crippen molar-refractivity contribution in [1.29, 1.82) is 0 Å². The summed E-state index contributed by atoms with van der Waals surface area (Å²) in [5.41, 5.74) is 0.594. The lowest BCUT2D eigenvalue weighted by molar-refractivity contribution is 0.0600. The monoisotopic (exact) mass is 465 g/mol. The van der Waals surface area contributed by atoms with E-state index in [-0.39, 0.29) is 16.2 Å². The van der Waals surface area contributed by atoms with Crippen molar-refractivity contribution in [2.45, 2.75) is 14.7 Å². The number of rotatable bonds is 6. The SMILES string of the molecule is COC(=O)c1ccc(S(=O)(=O)Nc2cc(Sc3ccccc3)c(O)c3ccccc23)cc1. The van der Waals surface area contributed by atoms with Gasteiger partial charge in [-0.3, -0.25) is 4.72 Å². The summed E-state index contributed by atoms with van der Waals surface area (Å²) in [4.78, 5) is 13.0. The smallest absolute Gasteiger partial charge is 0.337 e. The predicted octanol–water partition coefficient (Wildman–Crippen LogP) is 5.28. The van der Waals surface area contributed by atoms with Crippen molar-refractivity contribution in [1.82, 2.24) is 0 Å². The number of phenolic OH excluding ortho intramolecular Hbond substituents is 1. The van der Waals surface area contributed by atoms with Gasteiger partial charge < -0.3 is 9.84 Å². The predicted molar refractivity (Wildman–Crippen MR) is 125 cm³/mol. The summed E-state index contributed by atoms with van der Waals surface area (Å²) in [6.07, 6.45) is 0. The number of methoxy groups -OCH3 is 1. The van der Waals surface area contributed by atoms with Crippen molar-refractivity contribution in [3.8, 4) is 5.75 Å². The fourth-order valence-electron chi connectivity index (χ4n) is 3.20. The number of fused-ring (bicyclic) bond motifs is 1. The second-order valence-corrected chi connectivity index (χ2v) is 9.65. The van der Waals surface area contributed by atoms with Crippen LogP contribution in [0, 0.1) is 0 Å². The van der Waals surface area contributed by atoms with Crippen molar-refractivity contribution in [2.75, 3.05) is 11.8 Å². The second-order valence-electron chi connectivity index (χ2n) is 6.85. The first-order chi connectivity index (χ1) is 15.4. The maximum atomic E-state index is 13.1. The Morgan fingerprint density at radius 2 is 1.53 bits per heavy atom. The molecule has 4 rings (SSSR count). The van der Waals surface area contributed by atoms with Gasteiger partial charge in [0.15, 0.2) is 0 Å². The molecule has 0 heterocycles. The van der Waals surface area contributed by atoms with Crippen LogP contribution < -0.4 is 4.72 Å². The summed E-state index contributed by atoms with van der Waals surface area (Å²) in [5, 5.41) is 11.9. The first-order valence-electron chi connectivity index (χ1n) is 9.58. The van der Waals surface area contributed by atoms with E-state index in [2.05, 4.69) is 9.46 Å². The number of carbonyl (C=O) groups excluding carboxylic acids is 1. The number of esters is 1. The van der Waals surface area contributed by atoms with Crippen LogP contribution in [-0.2, 0) is 14.8 Å². The van der Waals surface area contributed by atoms with E-state index in [4.69, 9.17) is 0 Å². The molecule has 0 spiro atoms. The molecule has 0 radical (unpaired) electrons. The Morgan fingerprint density at radius 3 is 2.19 bits per heavy atom. The molecule has 0 bridgehead atoms. The minimum absolute atomic E-state index is 0.000397. The van der Waals surface area contributed by atoms with Gasteiger partial charge in [-0.2, -0.15) is 0 Å². The van der Waals surface area contributed by atoms with E-state index >= 15 is 0 Å². The van der Waals surface area contributed by atoms with E-state index in [1.165, 1.54) is 43.1 Å². The molecule has 0 aromatic heterocycles. The summed E-state index contributed by atoms with van der Waals surface area (Å²) in [6.45, 7) is 0. The molecule has 0 aliphatic rings. The zero-order valence-electron chi connectivity index (χ0n) is 17.0. The van der Waals surface area contributed by atoms with Gasteiger partial charge in [-0.25, -0.2) is 13.2 Å². The van der Waals surface area contributed by atoms with Gasteiger partial charge in [0.25, 0.3) is 10.0 Å². The second kappa shape index (κ2) is 8.94. The van der Waals surface area contributed by atoms with E-state index in [9.17, 15) is 18.3 Å². The Bertz CT molecular complexity index is 1390. The van der Waals surface area contributed by atoms with Gasteiger partial charge in [-0.05, 0) is 42.5 Å². The third-order valence-corrected chi connectivity index (χ3v) is 7.20. The van der Waals surface area contributed by atoms with Crippen LogP contribution in [-0.4, -0.2) is 26.6 Å². The van der Waals surface area contributed by atoms with E-state index in [0.717, 1.165) is 4.90 Å². The average molecular weight is 466 g/mol. The fourth-order valence-corrected chi connectivity index (χ4v) is 5.21. The maximum absolute atomic E-state index is 13.1. The van der Waals surface area contributed by atoms with Crippen LogP contribution in [0.1, 0.15) is 10.4 Å². The normalized spacial score (nSPS) is 11.3. The molecule has 2 N–H and O–H groups in total. The number of benzene rings is 4. The van der Waals surface area contributed by atoms with E-state index in [0.29, 0.717) is 21.4 Å². The summed E-state index contributed by atoms with van der Waals surface area (Å²) in [5.74, 6) is -0.464. The number of hydrogen-bond donors (Lipinski definition) is 2. The Labute approximate surface area is 189 Å². The largest absolute Gasteiger partial charge is 0.506 e. The van der Waals surface area contributed by atoms with Crippen LogP contribution in [0.15, 0.2) is 99.6 Å². The molecule has 0 fully saturated rings. The molecule has 4 aromatic rings. The van der Waals surface area contributed by atoms with Gasteiger partial charge in [-0.1, -0.05) is 54.2 Å². The quantitative estimate of drug-likeness (QED) is 0.297. The van der Waals surface area contributed by atoms with Gasteiger partial charge >= 0.3 is 5.97 Å². The number of aromatic hydroxyl groups is 1. The van der Waals surface area contributed by atoms with E-state index < -0.39 is 16.0 Å². The average Bonchev–Trinajstić information content (AvgIpc) is 2.82. The van der Waals surface area contributed by atoms with Crippen molar-refractivity contribution >= 4 is 44.2 Å². The molecule has 0 amide bonds. The van der Waals surface area contributed by atoms with Crippen LogP contribution in [0.5, 0.6) is 5.75 Å². The lowest BCUT2D eigenvalue weighted by Gasteiger charge is -2.15. The highest BCUT2D eigenvalue weighted by Gasteiger charge is 2.19. The van der Waals surface area contributed by atoms with Crippen LogP contribution >= 0.6 is 11.8 Å². The number of sulfonamides is 1. The zero-order valence-corrected chi connectivity index (χ0v) is 18.6. The Balaban J connectivity index is 1.74. The topological polar surface area (TPSA) is 92.7 Å². The molecule has 0 saturated carbocycles. The minimum atomic E-state index is -3.95. The molecular formula is C24H19NO5S2. The summed E-state index contributed by atoms with van der Waals surface area (Å²) < 4.78 is 33.4. The summed E-state index contributed by atoms with van der Waals surface area (Å²) in [7, 11) is -2.69. The molecule has 0 unspecified atom stereocenters. The van der Waals surface area contributed by atoms with Gasteiger partial charge in [0, 0.05) is 15.7 Å². The van der Waals surface area contributed by atoms with Crippen molar-refractivity contribution in [3.63, 3.8) is 0 Å². The summed E-state index contributed by atoms with van der Waals surface area (Å²) in [6, 6.07) is 23.6. The highest BCUT2D eigenvalue weighted by atomic mass is 32.2. The third kappa shape index (κ3) is 4.42. The third-order valence-electron chi connectivity index (χ3n) is 4.78. The standard InChI is InChI=1S/C24H19NO5S2/c1-30-24(27)16-11-13-18(14-12-16)32(28,29)25-21-15-22(31-17-7-3-2-4-8-17)23(26)20-10-6-5-9-19(20)21/h2-15,25-26H,1H3. The van der Waals surface area contributed by atoms with Gasteiger partial charge in [0.1, 0.15) is 5.75 Å². The number of phenols is 1. The van der Waals surface area contributed by atoms with Crippen LogP contribution in [0.4, 0.5) is 5.69 Å². The van der Waals surface area contributed by atoms with Crippen molar-refractivity contribution in [3.05, 3.63) is 90.5 Å². The van der Waals surface area contributed by atoms with Gasteiger partial charge in [0.2, 0.25) is 0 Å². The maximum Gasteiger partial charge on any atom is 0.337 e.